The van der Waals surface area contributed by atoms with Crippen molar-refractivity contribution >= 4 is 29.1 Å². The second-order valence-electron chi connectivity index (χ2n) is 5.14. The number of benzene rings is 1. The van der Waals surface area contributed by atoms with Crippen LogP contribution in [0.15, 0.2) is 30.3 Å². The van der Waals surface area contributed by atoms with Gasteiger partial charge < -0.3 is 15.8 Å². The summed E-state index contributed by atoms with van der Waals surface area (Å²) in [5.74, 6) is -0.826. The van der Waals surface area contributed by atoms with Crippen LogP contribution < -0.4 is 11.1 Å². The minimum Gasteiger partial charge on any atom is -0.467 e. The normalized spacial score (nSPS) is 17.2. The van der Waals surface area contributed by atoms with E-state index in [1.165, 1.54) is 7.11 Å². The van der Waals surface area contributed by atoms with Crippen LogP contribution in [-0.4, -0.2) is 24.0 Å². The minimum absolute atomic E-state index is 0.183. The molecule has 1 saturated carbocycles. The third-order valence-corrected chi connectivity index (χ3v) is 4.35. The van der Waals surface area contributed by atoms with Crippen LogP contribution in [0.1, 0.15) is 30.9 Å². The Morgan fingerprint density at radius 2 is 1.95 bits per heavy atom. The van der Waals surface area contributed by atoms with Gasteiger partial charge in [-0.2, -0.15) is 0 Å². The van der Waals surface area contributed by atoms with E-state index in [1.54, 1.807) is 24.3 Å². The lowest BCUT2D eigenvalue weighted by molar-refractivity contribution is -0.147. The Hall–Kier alpha value is -1.95. The third-order valence-electron chi connectivity index (χ3n) is 3.96. The second kappa shape index (κ2) is 6.22. The number of nitrogens with two attached hydrogens (primary N) is 1. The highest BCUT2D eigenvalue weighted by atomic mass is 32.1. The second-order valence-corrected chi connectivity index (χ2v) is 5.58. The Balaban J connectivity index is 2.22. The Morgan fingerprint density at radius 3 is 2.38 bits per heavy atom. The van der Waals surface area contributed by atoms with Crippen molar-refractivity contribution in [1.29, 1.82) is 0 Å². The molecule has 0 saturated heterocycles. The molecule has 0 radical (unpaired) electrons. The maximum Gasteiger partial charge on any atom is 0.333 e. The average molecular weight is 306 g/mol. The summed E-state index contributed by atoms with van der Waals surface area (Å²) >= 11 is 5.02. The van der Waals surface area contributed by atoms with Crippen molar-refractivity contribution in [3.05, 3.63) is 35.9 Å². The van der Waals surface area contributed by atoms with Gasteiger partial charge in [-0.05, 0) is 18.4 Å². The number of amides is 1. The summed E-state index contributed by atoms with van der Waals surface area (Å²) < 4.78 is 4.77. The van der Waals surface area contributed by atoms with Gasteiger partial charge in [0.25, 0.3) is 0 Å². The summed E-state index contributed by atoms with van der Waals surface area (Å²) in [5, 5.41) is 2.73. The molecule has 3 N–H and O–H groups in total. The first-order chi connectivity index (χ1) is 10.0. The molecule has 1 amide bonds. The van der Waals surface area contributed by atoms with Gasteiger partial charge in [0.05, 0.1) is 17.5 Å². The minimum atomic E-state index is -0.851. The molecule has 21 heavy (non-hydrogen) atoms. The first-order valence-corrected chi connectivity index (χ1v) is 7.16. The summed E-state index contributed by atoms with van der Waals surface area (Å²) in [7, 11) is 1.29. The Labute approximate surface area is 128 Å². The van der Waals surface area contributed by atoms with Crippen molar-refractivity contribution in [3.8, 4) is 0 Å². The SMILES string of the molecule is COC(=O)C(NC(=O)C1(C(N)=S)CCC1)c1ccccc1. The molecule has 5 nitrogen and oxygen atoms in total. The predicted octanol–water partition coefficient (Wildman–Crippen LogP) is 1.47. The van der Waals surface area contributed by atoms with Crippen molar-refractivity contribution in [2.45, 2.75) is 25.3 Å². The maximum atomic E-state index is 12.5. The molecule has 2 rings (SSSR count). The summed E-state index contributed by atoms with van der Waals surface area (Å²) in [4.78, 5) is 24.6. The summed E-state index contributed by atoms with van der Waals surface area (Å²) in [6, 6.07) is 8.10. The molecule has 0 aliphatic heterocycles. The van der Waals surface area contributed by atoms with Gasteiger partial charge in [0, 0.05) is 0 Å². The fourth-order valence-corrected chi connectivity index (χ4v) is 2.72. The molecule has 6 heteroatoms. The molecule has 1 atom stereocenters. The van der Waals surface area contributed by atoms with E-state index in [-0.39, 0.29) is 10.9 Å². The number of carbonyl (C=O) groups excluding carboxylic acids is 2. The van der Waals surface area contributed by atoms with Gasteiger partial charge in [-0.1, -0.05) is 49.0 Å². The van der Waals surface area contributed by atoms with Crippen LogP contribution in [-0.2, 0) is 14.3 Å². The van der Waals surface area contributed by atoms with Gasteiger partial charge in [0.1, 0.15) is 0 Å². The van der Waals surface area contributed by atoms with Gasteiger partial charge in [0.2, 0.25) is 5.91 Å². The lowest BCUT2D eigenvalue weighted by Crippen LogP contribution is -2.54. The van der Waals surface area contributed by atoms with E-state index in [2.05, 4.69) is 5.32 Å². The van der Waals surface area contributed by atoms with Crippen LogP contribution in [0.5, 0.6) is 0 Å². The van der Waals surface area contributed by atoms with E-state index in [0.29, 0.717) is 18.4 Å². The molecular weight excluding hydrogens is 288 g/mol. The van der Waals surface area contributed by atoms with E-state index < -0.39 is 17.4 Å². The van der Waals surface area contributed by atoms with Gasteiger partial charge in [-0.3, -0.25) is 4.79 Å². The number of thiocarbonyl (C=S) groups is 1. The number of esters is 1. The molecule has 1 unspecified atom stereocenters. The summed E-state index contributed by atoms with van der Waals surface area (Å²) in [6.07, 6.45) is 2.15. The molecule has 0 bridgehead atoms. The van der Waals surface area contributed by atoms with E-state index >= 15 is 0 Å². The zero-order chi connectivity index (χ0) is 15.5. The number of hydrogen-bond donors (Lipinski definition) is 2. The highest BCUT2D eigenvalue weighted by Crippen LogP contribution is 2.42. The number of rotatable bonds is 5. The monoisotopic (exact) mass is 306 g/mol. The van der Waals surface area contributed by atoms with E-state index in [0.717, 1.165) is 6.42 Å². The molecule has 0 heterocycles. The fourth-order valence-electron chi connectivity index (χ4n) is 2.43. The van der Waals surface area contributed by atoms with Crippen molar-refractivity contribution < 1.29 is 14.3 Å². The van der Waals surface area contributed by atoms with E-state index in [9.17, 15) is 9.59 Å². The topological polar surface area (TPSA) is 81.4 Å². The Bertz CT molecular complexity index is 555. The summed E-state index contributed by atoms with van der Waals surface area (Å²) in [6.45, 7) is 0. The van der Waals surface area contributed by atoms with Gasteiger partial charge in [0.15, 0.2) is 6.04 Å². The molecule has 1 fully saturated rings. The third kappa shape index (κ3) is 2.90. The van der Waals surface area contributed by atoms with Crippen molar-refractivity contribution in [2.75, 3.05) is 7.11 Å². The smallest absolute Gasteiger partial charge is 0.333 e. The number of hydrogen-bond acceptors (Lipinski definition) is 4. The van der Waals surface area contributed by atoms with Gasteiger partial charge in [-0.25, -0.2) is 4.79 Å². The van der Waals surface area contributed by atoms with Crippen LogP contribution >= 0.6 is 12.2 Å². The first kappa shape index (κ1) is 15.4. The zero-order valence-corrected chi connectivity index (χ0v) is 12.6. The number of ether oxygens (including phenoxy) is 1. The largest absolute Gasteiger partial charge is 0.467 e. The van der Waals surface area contributed by atoms with Crippen molar-refractivity contribution in [2.24, 2.45) is 11.1 Å². The standard InChI is InChI=1S/C15H18N2O3S/c1-20-12(18)11(10-6-3-2-4-7-10)17-14(19)15(13(16)21)8-5-9-15/h2-4,6-7,11H,5,8-9H2,1H3,(H2,16,21)(H,17,19). The van der Waals surface area contributed by atoms with Crippen LogP contribution in [0.2, 0.25) is 0 Å². The summed E-state index contributed by atoms with van der Waals surface area (Å²) in [5.41, 5.74) is 5.55. The lowest BCUT2D eigenvalue weighted by atomic mass is 9.68. The quantitative estimate of drug-likeness (QED) is 0.636. The predicted molar refractivity (Wildman–Crippen MR) is 82.4 cm³/mol. The fraction of sp³-hybridized carbons (Fsp3) is 0.400. The number of carbonyl (C=O) groups is 2. The molecular formula is C15H18N2O3S. The molecule has 1 aliphatic rings. The van der Waals surface area contributed by atoms with Crippen LogP contribution in [0.25, 0.3) is 0 Å². The van der Waals surface area contributed by atoms with E-state index in [1.807, 2.05) is 6.07 Å². The van der Waals surface area contributed by atoms with Gasteiger partial charge >= 0.3 is 5.97 Å². The molecule has 0 spiro atoms. The Morgan fingerprint density at radius 1 is 1.33 bits per heavy atom. The average Bonchev–Trinajstić information content (AvgIpc) is 2.43. The zero-order valence-electron chi connectivity index (χ0n) is 11.8. The molecule has 0 aromatic heterocycles. The number of nitrogens with one attached hydrogen (secondary N) is 1. The lowest BCUT2D eigenvalue weighted by Gasteiger charge is -2.39. The first-order valence-electron chi connectivity index (χ1n) is 6.75. The molecule has 1 aromatic carbocycles. The number of methoxy groups -OCH3 is 1. The highest BCUT2D eigenvalue weighted by molar-refractivity contribution is 7.80. The Kier molecular flexibility index (Phi) is 4.57. The highest BCUT2D eigenvalue weighted by Gasteiger charge is 2.48. The van der Waals surface area contributed by atoms with Crippen molar-refractivity contribution in [1.82, 2.24) is 5.32 Å². The molecule has 1 aliphatic carbocycles. The van der Waals surface area contributed by atoms with Crippen LogP contribution in [0.4, 0.5) is 0 Å². The van der Waals surface area contributed by atoms with Crippen LogP contribution in [0, 0.1) is 5.41 Å². The molecule has 1 aromatic rings. The van der Waals surface area contributed by atoms with Crippen LogP contribution in [0.3, 0.4) is 0 Å². The van der Waals surface area contributed by atoms with Crippen molar-refractivity contribution in [3.63, 3.8) is 0 Å². The maximum absolute atomic E-state index is 12.5. The van der Waals surface area contributed by atoms with Gasteiger partial charge in [-0.15, -0.1) is 0 Å². The molecule has 112 valence electrons. The van der Waals surface area contributed by atoms with E-state index in [4.69, 9.17) is 22.7 Å².